The highest BCUT2D eigenvalue weighted by molar-refractivity contribution is 5.81. The number of fused-ring (bicyclic) bond motifs is 1. The summed E-state index contributed by atoms with van der Waals surface area (Å²) in [5, 5.41) is 3.17. The van der Waals surface area contributed by atoms with Crippen LogP contribution in [0.2, 0.25) is 0 Å². The first-order valence-corrected chi connectivity index (χ1v) is 10.0. The van der Waals surface area contributed by atoms with E-state index >= 15 is 0 Å². The molecular weight excluding hydrogens is 350 g/mol. The third-order valence-corrected chi connectivity index (χ3v) is 5.16. The molecule has 0 radical (unpaired) electrons. The summed E-state index contributed by atoms with van der Waals surface area (Å²) in [5.74, 6) is 1.83. The van der Waals surface area contributed by atoms with Crippen LogP contribution in [0.1, 0.15) is 69.7 Å². The number of para-hydroxylation sites is 1. The molecule has 0 saturated heterocycles. The second kappa shape index (κ2) is 7.86. The number of carbonyl (C=O) groups is 1. The molecule has 2 aromatic rings. The van der Waals surface area contributed by atoms with Crippen molar-refractivity contribution >= 4 is 5.91 Å². The maximum absolute atomic E-state index is 12.9. The molecule has 1 N–H and O–H groups in total. The summed E-state index contributed by atoms with van der Waals surface area (Å²) in [6.45, 7) is 12.2. The molecule has 3 rings (SSSR count). The molecule has 1 amide bonds. The van der Waals surface area contributed by atoms with Gasteiger partial charge in [-0.25, -0.2) is 0 Å². The van der Waals surface area contributed by atoms with Gasteiger partial charge >= 0.3 is 0 Å². The molecule has 4 nitrogen and oxygen atoms in total. The van der Waals surface area contributed by atoms with E-state index in [0.29, 0.717) is 12.3 Å². The second-order valence-corrected chi connectivity index (χ2v) is 8.62. The van der Waals surface area contributed by atoms with Gasteiger partial charge in [0, 0.05) is 12.0 Å². The molecule has 0 unspecified atom stereocenters. The molecule has 0 saturated carbocycles. The first-order chi connectivity index (χ1) is 13.2. The zero-order valence-electron chi connectivity index (χ0n) is 17.7. The molecule has 2 atom stereocenters. The van der Waals surface area contributed by atoms with Crippen molar-refractivity contribution in [1.82, 2.24) is 5.32 Å². The number of benzene rings is 2. The smallest absolute Gasteiger partial charge is 0.261 e. The van der Waals surface area contributed by atoms with Gasteiger partial charge in [0.1, 0.15) is 17.1 Å². The summed E-state index contributed by atoms with van der Waals surface area (Å²) >= 11 is 0. The Labute approximate surface area is 168 Å². The first-order valence-electron chi connectivity index (χ1n) is 10.0. The Balaban J connectivity index is 1.76. The van der Waals surface area contributed by atoms with Gasteiger partial charge in [0.05, 0.1) is 6.04 Å². The molecule has 0 fully saturated rings. The van der Waals surface area contributed by atoms with Crippen LogP contribution in [0.25, 0.3) is 0 Å². The van der Waals surface area contributed by atoms with E-state index in [4.69, 9.17) is 9.47 Å². The number of rotatable bonds is 5. The van der Waals surface area contributed by atoms with Gasteiger partial charge in [0.2, 0.25) is 0 Å². The Morgan fingerprint density at radius 1 is 1.18 bits per heavy atom. The highest BCUT2D eigenvalue weighted by atomic mass is 16.5. The molecule has 0 bridgehead atoms. The lowest BCUT2D eigenvalue weighted by Gasteiger charge is -2.38. The predicted molar refractivity (Wildman–Crippen MR) is 112 cm³/mol. The van der Waals surface area contributed by atoms with Crippen LogP contribution in [-0.2, 0) is 4.79 Å². The number of hydrogen-bond donors (Lipinski definition) is 1. The number of ether oxygens (including phenoxy) is 2. The highest BCUT2D eigenvalue weighted by Gasteiger charge is 2.35. The molecule has 1 aliphatic heterocycles. The number of nitrogens with one attached hydrogen (secondary N) is 1. The first kappa shape index (κ1) is 20.2. The maximum atomic E-state index is 12.9. The van der Waals surface area contributed by atoms with E-state index in [1.807, 2.05) is 51.1 Å². The summed E-state index contributed by atoms with van der Waals surface area (Å²) in [7, 11) is 0. The number of aryl methyl sites for hydroxylation is 1. The van der Waals surface area contributed by atoms with Crippen LogP contribution in [0, 0.1) is 6.92 Å². The molecule has 28 heavy (non-hydrogen) atoms. The topological polar surface area (TPSA) is 47.6 Å². The lowest BCUT2D eigenvalue weighted by molar-refractivity contribution is -0.128. The predicted octanol–water partition coefficient (Wildman–Crippen LogP) is 5.30. The molecule has 1 heterocycles. The molecule has 2 aromatic carbocycles. The van der Waals surface area contributed by atoms with Gasteiger partial charge in [-0.05, 0) is 56.9 Å². The third kappa shape index (κ3) is 4.49. The van der Waals surface area contributed by atoms with E-state index in [9.17, 15) is 4.79 Å². The molecule has 0 spiro atoms. The average molecular weight is 382 g/mol. The lowest BCUT2D eigenvalue weighted by Crippen LogP contribution is -2.44. The zero-order valence-corrected chi connectivity index (χ0v) is 17.7. The highest BCUT2D eigenvalue weighted by Crippen LogP contribution is 2.39. The van der Waals surface area contributed by atoms with Crippen LogP contribution < -0.4 is 14.8 Å². The molecule has 0 aliphatic carbocycles. The lowest BCUT2D eigenvalue weighted by atomic mass is 9.89. The summed E-state index contributed by atoms with van der Waals surface area (Å²) in [6.07, 6.45) is 0.127. The molecular formula is C24H31NO3. The van der Waals surface area contributed by atoms with E-state index in [-0.39, 0.29) is 17.6 Å². The average Bonchev–Trinajstić information content (AvgIpc) is 2.60. The quantitative estimate of drug-likeness (QED) is 0.764. The summed E-state index contributed by atoms with van der Waals surface area (Å²) in [4.78, 5) is 12.9. The van der Waals surface area contributed by atoms with Crippen molar-refractivity contribution in [3.05, 3.63) is 59.2 Å². The minimum Gasteiger partial charge on any atom is -0.487 e. The number of carbonyl (C=O) groups excluding carboxylic acids is 1. The van der Waals surface area contributed by atoms with Gasteiger partial charge < -0.3 is 14.8 Å². The van der Waals surface area contributed by atoms with Crippen LogP contribution >= 0.6 is 0 Å². The van der Waals surface area contributed by atoms with E-state index in [0.717, 1.165) is 28.2 Å². The van der Waals surface area contributed by atoms with E-state index in [2.05, 4.69) is 31.3 Å². The Kier molecular flexibility index (Phi) is 5.69. The van der Waals surface area contributed by atoms with Crippen LogP contribution in [-0.4, -0.2) is 17.6 Å². The summed E-state index contributed by atoms with van der Waals surface area (Å²) in [6, 6.07) is 14.0. The van der Waals surface area contributed by atoms with Gasteiger partial charge in [-0.15, -0.1) is 0 Å². The Hall–Kier alpha value is -2.49. The fraction of sp³-hybridized carbons (Fsp3) is 0.458. The van der Waals surface area contributed by atoms with Crippen LogP contribution in [0.4, 0.5) is 0 Å². The van der Waals surface area contributed by atoms with Crippen LogP contribution in [0.15, 0.2) is 42.5 Å². The van der Waals surface area contributed by atoms with Crippen molar-refractivity contribution in [1.29, 1.82) is 0 Å². The second-order valence-electron chi connectivity index (χ2n) is 8.62. The molecule has 150 valence electrons. The van der Waals surface area contributed by atoms with Crippen molar-refractivity contribution in [3.8, 4) is 11.5 Å². The van der Waals surface area contributed by atoms with Gasteiger partial charge in [0.25, 0.3) is 5.91 Å². The van der Waals surface area contributed by atoms with E-state index in [1.54, 1.807) is 6.92 Å². The molecule has 1 aliphatic rings. The van der Waals surface area contributed by atoms with Crippen molar-refractivity contribution in [3.63, 3.8) is 0 Å². The van der Waals surface area contributed by atoms with Gasteiger partial charge in [0.15, 0.2) is 6.10 Å². The van der Waals surface area contributed by atoms with Crippen LogP contribution in [0.5, 0.6) is 11.5 Å². The van der Waals surface area contributed by atoms with Crippen molar-refractivity contribution in [2.45, 2.75) is 71.6 Å². The van der Waals surface area contributed by atoms with Crippen molar-refractivity contribution in [2.75, 3.05) is 0 Å². The van der Waals surface area contributed by atoms with Crippen molar-refractivity contribution < 1.29 is 14.3 Å². The normalized spacial score (nSPS) is 18.8. The van der Waals surface area contributed by atoms with Gasteiger partial charge in [-0.3, -0.25) is 4.79 Å². The SMILES string of the molecule is Cc1ccc(C(C)C)c(O[C@@H](C)C(=O)N[C@@H]2CC(C)(C)Oc3ccccc32)c1. The minimum atomic E-state index is -0.586. The zero-order chi connectivity index (χ0) is 20.5. The Bertz CT molecular complexity index is 857. The Morgan fingerprint density at radius 3 is 2.61 bits per heavy atom. The van der Waals surface area contributed by atoms with E-state index < -0.39 is 6.10 Å². The minimum absolute atomic E-state index is 0.0967. The largest absolute Gasteiger partial charge is 0.487 e. The fourth-order valence-electron chi connectivity index (χ4n) is 3.68. The Morgan fingerprint density at radius 2 is 1.89 bits per heavy atom. The fourth-order valence-corrected chi connectivity index (χ4v) is 3.68. The number of amides is 1. The summed E-state index contributed by atoms with van der Waals surface area (Å²) in [5.41, 5.74) is 2.91. The van der Waals surface area contributed by atoms with Gasteiger partial charge in [-0.1, -0.05) is 44.2 Å². The molecule has 4 heteroatoms. The number of hydrogen-bond acceptors (Lipinski definition) is 3. The van der Waals surface area contributed by atoms with Gasteiger partial charge in [-0.2, -0.15) is 0 Å². The maximum Gasteiger partial charge on any atom is 0.261 e. The standard InChI is InChI=1S/C24H31NO3/c1-15(2)18-12-11-16(3)13-22(18)27-17(4)23(26)25-20-14-24(5,6)28-21-10-8-7-9-19(20)21/h7-13,15,17,20H,14H2,1-6H3,(H,25,26)/t17-,20+/m0/s1. The molecule has 0 aromatic heterocycles. The van der Waals surface area contributed by atoms with E-state index in [1.165, 1.54) is 0 Å². The van der Waals surface area contributed by atoms with Crippen molar-refractivity contribution in [2.24, 2.45) is 0 Å². The summed E-state index contributed by atoms with van der Waals surface area (Å²) < 4.78 is 12.1. The third-order valence-electron chi connectivity index (χ3n) is 5.16. The monoisotopic (exact) mass is 381 g/mol. The van der Waals surface area contributed by atoms with Crippen LogP contribution in [0.3, 0.4) is 0 Å².